The van der Waals surface area contributed by atoms with Crippen LogP contribution < -0.4 is 0 Å². The van der Waals surface area contributed by atoms with Crippen LogP contribution in [0, 0.1) is 11.8 Å². The maximum atomic E-state index is 11.4. The summed E-state index contributed by atoms with van der Waals surface area (Å²) in [4.78, 5) is 11.4. The van der Waals surface area contributed by atoms with E-state index in [1.165, 1.54) is 7.11 Å². The molecule has 3 nitrogen and oxygen atoms in total. The van der Waals surface area contributed by atoms with Gasteiger partial charge in [-0.3, -0.25) is 0 Å². The largest absolute Gasteiger partial charge is 0.465 e. The minimum atomic E-state index is -0.331. The number of rotatable bonds is 6. The number of aliphatic hydroxyl groups is 1. The quantitative estimate of drug-likeness (QED) is 0.814. The van der Waals surface area contributed by atoms with E-state index in [4.69, 9.17) is 0 Å². The topological polar surface area (TPSA) is 46.5 Å². The van der Waals surface area contributed by atoms with Crippen LogP contribution in [0.15, 0.2) is 22.7 Å². The van der Waals surface area contributed by atoms with Gasteiger partial charge in [-0.05, 0) is 42.4 Å². The van der Waals surface area contributed by atoms with E-state index in [-0.39, 0.29) is 12.6 Å². The molecule has 0 fully saturated rings. The number of aryl methyl sites for hydroxylation is 1. The lowest BCUT2D eigenvalue weighted by Gasteiger charge is -2.18. The minimum absolute atomic E-state index is 0.218. The van der Waals surface area contributed by atoms with E-state index in [9.17, 15) is 9.90 Å². The SMILES string of the molecule is COC(=O)c1ccc(CC[C@H](CO)C(C)C)c(Br)c1. The van der Waals surface area contributed by atoms with Gasteiger partial charge >= 0.3 is 5.97 Å². The van der Waals surface area contributed by atoms with Crippen molar-refractivity contribution in [2.75, 3.05) is 13.7 Å². The monoisotopic (exact) mass is 328 g/mol. The fraction of sp³-hybridized carbons (Fsp3) is 0.533. The van der Waals surface area contributed by atoms with Gasteiger partial charge in [0.05, 0.1) is 12.7 Å². The first-order valence-electron chi connectivity index (χ1n) is 6.47. The summed E-state index contributed by atoms with van der Waals surface area (Å²) in [5.74, 6) is 0.452. The van der Waals surface area contributed by atoms with Crippen molar-refractivity contribution in [3.8, 4) is 0 Å². The molecule has 1 aromatic carbocycles. The van der Waals surface area contributed by atoms with Crippen molar-refractivity contribution in [3.05, 3.63) is 33.8 Å². The van der Waals surface area contributed by atoms with Gasteiger partial charge < -0.3 is 9.84 Å². The van der Waals surface area contributed by atoms with Crippen molar-refractivity contribution < 1.29 is 14.6 Å². The highest BCUT2D eigenvalue weighted by Crippen LogP contribution is 2.24. The molecule has 0 heterocycles. The van der Waals surface area contributed by atoms with E-state index in [1.54, 1.807) is 12.1 Å². The molecule has 1 rings (SSSR count). The smallest absolute Gasteiger partial charge is 0.337 e. The first kappa shape index (κ1) is 16.2. The molecule has 0 aliphatic carbocycles. The number of aliphatic hydroxyl groups excluding tert-OH is 1. The molecular formula is C15H21BrO3. The van der Waals surface area contributed by atoms with Gasteiger partial charge in [-0.25, -0.2) is 4.79 Å². The van der Waals surface area contributed by atoms with Gasteiger partial charge in [0.1, 0.15) is 0 Å². The van der Waals surface area contributed by atoms with E-state index in [0.717, 1.165) is 22.9 Å². The minimum Gasteiger partial charge on any atom is -0.465 e. The number of ether oxygens (including phenoxy) is 1. The summed E-state index contributed by atoms with van der Waals surface area (Å²) in [6, 6.07) is 5.49. The molecule has 0 saturated carbocycles. The van der Waals surface area contributed by atoms with Crippen molar-refractivity contribution in [1.82, 2.24) is 0 Å². The lowest BCUT2D eigenvalue weighted by atomic mass is 9.90. The molecule has 0 amide bonds. The number of methoxy groups -OCH3 is 1. The summed E-state index contributed by atoms with van der Waals surface area (Å²) in [5, 5.41) is 9.32. The summed E-state index contributed by atoms with van der Waals surface area (Å²) in [6.07, 6.45) is 1.82. The van der Waals surface area contributed by atoms with Gasteiger partial charge in [0.15, 0.2) is 0 Å². The number of hydrogen-bond acceptors (Lipinski definition) is 3. The normalized spacial score (nSPS) is 12.5. The Hall–Kier alpha value is -0.870. The van der Waals surface area contributed by atoms with Crippen LogP contribution in [0.5, 0.6) is 0 Å². The van der Waals surface area contributed by atoms with Crippen molar-refractivity contribution in [2.24, 2.45) is 11.8 Å². The maximum Gasteiger partial charge on any atom is 0.337 e. The molecule has 1 aromatic rings. The fourth-order valence-electron chi connectivity index (χ4n) is 1.97. The van der Waals surface area contributed by atoms with Gasteiger partial charge in [0.25, 0.3) is 0 Å². The van der Waals surface area contributed by atoms with Crippen LogP contribution in [0.2, 0.25) is 0 Å². The fourth-order valence-corrected chi connectivity index (χ4v) is 2.55. The number of benzene rings is 1. The Bertz CT molecular complexity index is 429. The second-order valence-corrected chi connectivity index (χ2v) is 5.88. The molecule has 19 heavy (non-hydrogen) atoms. The average molecular weight is 329 g/mol. The summed E-state index contributed by atoms with van der Waals surface area (Å²) in [6.45, 7) is 4.46. The van der Waals surface area contributed by atoms with Crippen LogP contribution in [0.1, 0.15) is 36.2 Å². The van der Waals surface area contributed by atoms with Crippen LogP contribution >= 0.6 is 15.9 Å². The van der Waals surface area contributed by atoms with Crippen molar-refractivity contribution >= 4 is 21.9 Å². The molecule has 0 unspecified atom stereocenters. The van der Waals surface area contributed by atoms with Crippen LogP contribution in [0.25, 0.3) is 0 Å². The number of carbonyl (C=O) groups excluding carboxylic acids is 1. The molecule has 0 aliphatic heterocycles. The summed E-state index contributed by atoms with van der Waals surface area (Å²) in [5.41, 5.74) is 1.69. The first-order chi connectivity index (χ1) is 8.99. The van der Waals surface area contributed by atoms with Crippen molar-refractivity contribution in [3.63, 3.8) is 0 Å². The van der Waals surface area contributed by atoms with Crippen LogP contribution in [-0.4, -0.2) is 24.8 Å². The number of halogens is 1. The molecule has 0 aromatic heterocycles. The zero-order chi connectivity index (χ0) is 14.4. The summed E-state index contributed by atoms with van der Waals surface area (Å²) in [7, 11) is 1.37. The molecule has 1 atom stereocenters. The van der Waals surface area contributed by atoms with Crippen LogP contribution in [0.4, 0.5) is 0 Å². The molecular weight excluding hydrogens is 308 g/mol. The third kappa shape index (κ3) is 4.62. The Balaban J connectivity index is 2.72. The second kappa shape index (κ2) is 7.65. The van der Waals surface area contributed by atoms with E-state index >= 15 is 0 Å². The number of esters is 1. The van der Waals surface area contributed by atoms with Gasteiger partial charge in [0, 0.05) is 11.1 Å². The maximum absolute atomic E-state index is 11.4. The number of carbonyl (C=O) groups is 1. The third-order valence-corrected chi connectivity index (χ3v) is 4.17. The Morgan fingerprint density at radius 2 is 2.11 bits per heavy atom. The summed E-state index contributed by atoms with van der Waals surface area (Å²) < 4.78 is 5.60. The zero-order valence-corrected chi connectivity index (χ0v) is 13.2. The van der Waals surface area contributed by atoms with Crippen LogP contribution in [0.3, 0.4) is 0 Å². The van der Waals surface area contributed by atoms with Gasteiger partial charge in [-0.15, -0.1) is 0 Å². The van der Waals surface area contributed by atoms with Gasteiger partial charge in [0.2, 0.25) is 0 Å². The zero-order valence-electron chi connectivity index (χ0n) is 11.6. The molecule has 0 radical (unpaired) electrons. The second-order valence-electron chi connectivity index (χ2n) is 5.02. The van der Waals surface area contributed by atoms with Gasteiger partial charge in [-0.1, -0.05) is 35.8 Å². The first-order valence-corrected chi connectivity index (χ1v) is 7.26. The highest BCUT2D eigenvalue weighted by molar-refractivity contribution is 9.10. The third-order valence-electron chi connectivity index (χ3n) is 3.44. The van der Waals surface area contributed by atoms with E-state index in [0.29, 0.717) is 17.4 Å². The van der Waals surface area contributed by atoms with Crippen LogP contribution in [-0.2, 0) is 11.2 Å². The molecule has 4 heteroatoms. The Morgan fingerprint density at radius 1 is 1.42 bits per heavy atom. The predicted molar refractivity (Wildman–Crippen MR) is 79.2 cm³/mol. The highest BCUT2D eigenvalue weighted by Gasteiger charge is 2.14. The Labute approximate surface area is 123 Å². The lowest BCUT2D eigenvalue weighted by Crippen LogP contribution is -2.14. The van der Waals surface area contributed by atoms with Crippen molar-refractivity contribution in [2.45, 2.75) is 26.7 Å². The molecule has 0 spiro atoms. The van der Waals surface area contributed by atoms with E-state index < -0.39 is 0 Å². The standard InChI is InChI=1S/C15H21BrO3/c1-10(2)13(9-17)7-5-11-4-6-12(8-14(11)16)15(18)19-3/h4,6,8,10,13,17H,5,7,9H2,1-3H3/t13-/m1/s1. The van der Waals surface area contributed by atoms with E-state index in [2.05, 4.69) is 34.5 Å². The molecule has 1 N–H and O–H groups in total. The lowest BCUT2D eigenvalue weighted by molar-refractivity contribution is 0.0600. The average Bonchev–Trinajstić information content (AvgIpc) is 2.39. The highest BCUT2D eigenvalue weighted by atomic mass is 79.9. The predicted octanol–water partition coefficient (Wildman–Crippen LogP) is 3.43. The molecule has 0 saturated heterocycles. The summed E-state index contributed by atoms with van der Waals surface area (Å²) >= 11 is 3.48. The number of hydrogen-bond donors (Lipinski definition) is 1. The molecule has 0 aliphatic rings. The molecule has 106 valence electrons. The van der Waals surface area contributed by atoms with E-state index in [1.807, 2.05) is 6.07 Å². The Kier molecular flexibility index (Phi) is 6.52. The van der Waals surface area contributed by atoms with Gasteiger partial charge in [-0.2, -0.15) is 0 Å². The Morgan fingerprint density at radius 3 is 2.58 bits per heavy atom. The molecule has 0 bridgehead atoms. The van der Waals surface area contributed by atoms with Crippen molar-refractivity contribution in [1.29, 1.82) is 0 Å².